The highest BCUT2D eigenvalue weighted by molar-refractivity contribution is 14.0. The van der Waals surface area contributed by atoms with E-state index >= 15 is 0 Å². The van der Waals surface area contributed by atoms with E-state index in [0.29, 0.717) is 31.9 Å². The number of fused-ring (bicyclic) bond motifs is 1. The molecule has 0 unspecified atom stereocenters. The molecule has 0 aliphatic carbocycles. The standard InChI is InChI=1S/C24H32N4O3.HI/c1-24(2,19-8-9-20-21(15-19)31-13-12-30-20)16-28-23(26-4)27-11-10-17-6-5-7-18(14-17)22(29)25-3;/h5-9,14-15H,10-13,16H2,1-4H3,(H,25,29)(H2,26,27,28);1H. The zero-order chi connectivity index (χ0) is 22.3. The van der Waals surface area contributed by atoms with Gasteiger partial charge in [0.15, 0.2) is 17.5 Å². The maximum Gasteiger partial charge on any atom is 0.251 e. The SMILES string of the molecule is CN=C(NCCc1cccc(C(=O)NC)c1)NCC(C)(C)c1ccc2c(c1)OCCO2.I. The number of hydrogen-bond donors (Lipinski definition) is 3. The Morgan fingerprint density at radius 2 is 1.81 bits per heavy atom. The maximum absolute atomic E-state index is 11.8. The molecular formula is C24H33IN4O3. The zero-order valence-corrected chi connectivity index (χ0v) is 21.5. The van der Waals surface area contributed by atoms with Crippen LogP contribution in [-0.4, -0.2) is 52.3 Å². The first kappa shape index (κ1) is 25.8. The van der Waals surface area contributed by atoms with Crippen molar-refractivity contribution in [1.82, 2.24) is 16.0 Å². The molecule has 3 N–H and O–H groups in total. The van der Waals surface area contributed by atoms with Crippen molar-refractivity contribution in [2.24, 2.45) is 4.99 Å². The van der Waals surface area contributed by atoms with E-state index in [1.54, 1.807) is 14.1 Å². The third kappa shape index (κ3) is 6.75. The Hall–Kier alpha value is -2.49. The topological polar surface area (TPSA) is 84.0 Å². The van der Waals surface area contributed by atoms with Crippen LogP contribution in [0.2, 0.25) is 0 Å². The number of guanidine groups is 1. The maximum atomic E-state index is 11.8. The van der Waals surface area contributed by atoms with Crippen LogP contribution in [0.3, 0.4) is 0 Å². The molecule has 2 aromatic rings. The molecule has 8 heteroatoms. The number of hydrogen-bond acceptors (Lipinski definition) is 4. The van der Waals surface area contributed by atoms with Crippen LogP contribution in [0, 0.1) is 0 Å². The summed E-state index contributed by atoms with van der Waals surface area (Å²) in [6, 6.07) is 13.8. The number of rotatable bonds is 7. The summed E-state index contributed by atoms with van der Waals surface area (Å²) in [4.78, 5) is 16.1. The van der Waals surface area contributed by atoms with Gasteiger partial charge in [-0.15, -0.1) is 24.0 Å². The highest BCUT2D eigenvalue weighted by Gasteiger charge is 2.23. The molecule has 0 saturated heterocycles. The second-order valence-electron chi connectivity index (χ2n) is 8.12. The van der Waals surface area contributed by atoms with Gasteiger partial charge >= 0.3 is 0 Å². The minimum Gasteiger partial charge on any atom is -0.486 e. The van der Waals surface area contributed by atoms with Crippen molar-refractivity contribution in [3.05, 3.63) is 59.2 Å². The van der Waals surface area contributed by atoms with Crippen molar-refractivity contribution < 1.29 is 14.3 Å². The molecule has 2 aromatic carbocycles. The Bertz CT molecular complexity index is 947. The third-order valence-corrected chi connectivity index (χ3v) is 5.37. The fourth-order valence-corrected chi connectivity index (χ4v) is 3.43. The zero-order valence-electron chi connectivity index (χ0n) is 19.2. The fraction of sp³-hybridized carbons (Fsp3) is 0.417. The summed E-state index contributed by atoms with van der Waals surface area (Å²) in [7, 11) is 3.40. The first-order valence-corrected chi connectivity index (χ1v) is 10.6. The lowest BCUT2D eigenvalue weighted by molar-refractivity contribution is 0.0963. The average Bonchev–Trinajstić information content (AvgIpc) is 2.80. The summed E-state index contributed by atoms with van der Waals surface area (Å²) >= 11 is 0. The molecule has 0 radical (unpaired) electrons. The minimum atomic E-state index is -0.130. The van der Waals surface area contributed by atoms with E-state index in [0.717, 1.165) is 29.4 Å². The summed E-state index contributed by atoms with van der Waals surface area (Å²) in [5, 5.41) is 9.42. The van der Waals surface area contributed by atoms with E-state index in [1.807, 2.05) is 30.3 Å². The van der Waals surface area contributed by atoms with Crippen LogP contribution < -0.4 is 25.4 Å². The molecule has 32 heavy (non-hydrogen) atoms. The first-order valence-electron chi connectivity index (χ1n) is 10.6. The van der Waals surface area contributed by atoms with Crippen molar-refractivity contribution in [2.45, 2.75) is 25.7 Å². The number of amides is 1. The molecule has 0 atom stereocenters. The third-order valence-electron chi connectivity index (χ3n) is 5.37. The molecule has 1 amide bonds. The predicted octanol–water partition coefficient (Wildman–Crippen LogP) is 3.12. The van der Waals surface area contributed by atoms with Crippen LogP contribution in [-0.2, 0) is 11.8 Å². The van der Waals surface area contributed by atoms with Crippen LogP contribution in [0.1, 0.15) is 35.3 Å². The lowest BCUT2D eigenvalue weighted by Gasteiger charge is -2.28. The van der Waals surface area contributed by atoms with Gasteiger partial charge in [0.05, 0.1) is 0 Å². The van der Waals surface area contributed by atoms with Gasteiger partial charge in [-0.25, -0.2) is 0 Å². The largest absolute Gasteiger partial charge is 0.486 e. The van der Waals surface area contributed by atoms with Gasteiger partial charge in [0.1, 0.15) is 13.2 Å². The lowest BCUT2D eigenvalue weighted by Crippen LogP contribution is -2.44. The quantitative estimate of drug-likeness (QED) is 0.280. The summed E-state index contributed by atoms with van der Waals surface area (Å²) in [6.45, 7) is 6.96. The van der Waals surface area contributed by atoms with Gasteiger partial charge in [0.2, 0.25) is 0 Å². The summed E-state index contributed by atoms with van der Waals surface area (Å²) in [5.41, 5.74) is 2.81. The fourth-order valence-electron chi connectivity index (χ4n) is 3.43. The number of carbonyl (C=O) groups is 1. The molecule has 1 aliphatic heterocycles. The van der Waals surface area contributed by atoms with E-state index in [2.05, 4.69) is 46.9 Å². The number of carbonyl (C=O) groups excluding carboxylic acids is 1. The van der Waals surface area contributed by atoms with E-state index in [1.165, 1.54) is 5.56 Å². The Kier molecular flexibility index (Phi) is 9.61. The Balaban J connectivity index is 0.00000363. The van der Waals surface area contributed by atoms with Gasteiger partial charge in [-0.2, -0.15) is 0 Å². The smallest absolute Gasteiger partial charge is 0.251 e. The van der Waals surface area contributed by atoms with E-state index in [4.69, 9.17) is 9.47 Å². The number of ether oxygens (including phenoxy) is 2. The van der Waals surface area contributed by atoms with Crippen LogP contribution in [0.25, 0.3) is 0 Å². The monoisotopic (exact) mass is 552 g/mol. The first-order chi connectivity index (χ1) is 14.9. The van der Waals surface area contributed by atoms with Gasteiger partial charge in [0, 0.05) is 38.2 Å². The second kappa shape index (κ2) is 11.9. The lowest BCUT2D eigenvalue weighted by atomic mass is 9.84. The van der Waals surface area contributed by atoms with Crippen LogP contribution in [0.4, 0.5) is 0 Å². The summed E-state index contributed by atoms with van der Waals surface area (Å²) in [5.74, 6) is 2.27. The molecule has 0 aromatic heterocycles. The van der Waals surface area contributed by atoms with Gasteiger partial charge < -0.3 is 25.4 Å². The van der Waals surface area contributed by atoms with Crippen molar-refractivity contribution in [1.29, 1.82) is 0 Å². The van der Waals surface area contributed by atoms with Gasteiger partial charge in [-0.1, -0.05) is 32.0 Å². The van der Waals surface area contributed by atoms with Gasteiger partial charge in [-0.05, 0) is 41.8 Å². The molecule has 174 valence electrons. The van der Waals surface area contributed by atoms with E-state index < -0.39 is 0 Å². The average molecular weight is 552 g/mol. The second-order valence-corrected chi connectivity index (χ2v) is 8.12. The summed E-state index contributed by atoms with van der Waals surface area (Å²) in [6.07, 6.45) is 0.789. The van der Waals surface area contributed by atoms with E-state index in [9.17, 15) is 4.79 Å². The molecule has 1 heterocycles. The highest BCUT2D eigenvalue weighted by Crippen LogP contribution is 2.34. The van der Waals surface area contributed by atoms with Crippen LogP contribution in [0.5, 0.6) is 11.5 Å². The van der Waals surface area contributed by atoms with Gasteiger partial charge in [-0.3, -0.25) is 9.79 Å². The predicted molar refractivity (Wildman–Crippen MR) is 139 cm³/mol. The Labute approximate surface area is 207 Å². The highest BCUT2D eigenvalue weighted by atomic mass is 127. The summed E-state index contributed by atoms with van der Waals surface area (Å²) < 4.78 is 11.3. The Morgan fingerprint density at radius 3 is 2.53 bits per heavy atom. The molecular weight excluding hydrogens is 519 g/mol. The molecule has 1 aliphatic rings. The molecule has 7 nitrogen and oxygen atoms in total. The van der Waals surface area contributed by atoms with Crippen molar-refractivity contribution in [2.75, 3.05) is 40.4 Å². The number of aliphatic imine (C=N–C) groups is 1. The van der Waals surface area contributed by atoms with Crippen molar-refractivity contribution >= 4 is 35.8 Å². The number of halogens is 1. The molecule has 3 rings (SSSR count). The van der Waals surface area contributed by atoms with Crippen LogP contribution >= 0.6 is 24.0 Å². The van der Waals surface area contributed by atoms with E-state index in [-0.39, 0.29) is 35.3 Å². The number of nitrogens with zero attached hydrogens (tertiary/aromatic N) is 1. The van der Waals surface area contributed by atoms with Crippen LogP contribution in [0.15, 0.2) is 47.5 Å². The molecule has 0 fully saturated rings. The van der Waals surface area contributed by atoms with Crippen molar-refractivity contribution in [3.63, 3.8) is 0 Å². The van der Waals surface area contributed by atoms with Gasteiger partial charge in [0.25, 0.3) is 5.91 Å². The normalized spacial score (nSPS) is 13.1. The molecule has 0 saturated carbocycles. The molecule has 0 spiro atoms. The number of benzene rings is 2. The van der Waals surface area contributed by atoms with Crippen molar-refractivity contribution in [3.8, 4) is 11.5 Å². The Morgan fingerprint density at radius 1 is 1.06 bits per heavy atom. The minimum absolute atomic E-state index is 0. The molecule has 0 bridgehead atoms. The number of nitrogens with one attached hydrogen (secondary N) is 3.